The van der Waals surface area contributed by atoms with Gasteiger partial charge in [-0.15, -0.1) is 0 Å². The van der Waals surface area contributed by atoms with Crippen molar-refractivity contribution in [3.05, 3.63) is 72.9 Å². The van der Waals surface area contributed by atoms with Crippen molar-refractivity contribution < 1.29 is 9.53 Å². The zero-order valence-electron chi connectivity index (χ0n) is 16.6. The molecule has 1 atom stereocenters. The molecule has 142 valence electrons. The summed E-state index contributed by atoms with van der Waals surface area (Å²) in [4.78, 5) is 11.6. The molecule has 2 nitrogen and oxygen atoms in total. The van der Waals surface area contributed by atoms with Crippen LogP contribution in [0.4, 0.5) is 0 Å². The number of allylic oxidation sites excluding steroid dienone is 11. The van der Waals surface area contributed by atoms with E-state index >= 15 is 0 Å². The maximum Gasteiger partial charge on any atom is 0.312 e. The number of ether oxygens (including phenoxy) is 1. The van der Waals surface area contributed by atoms with Crippen LogP contribution < -0.4 is 0 Å². The van der Waals surface area contributed by atoms with Crippen LogP contribution in [0.1, 0.15) is 59.3 Å². The van der Waals surface area contributed by atoms with E-state index in [0.717, 1.165) is 38.5 Å². The highest BCUT2D eigenvalue weighted by molar-refractivity contribution is 5.78. The first-order valence-electron chi connectivity index (χ1n) is 9.70. The Kier molecular flexibility index (Phi) is 11.1. The molecule has 0 amide bonds. The zero-order valence-corrected chi connectivity index (χ0v) is 16.6. The number of cyclic esters (lactones) is 1. The quantitative estimate of drug-likeness (QED) is 0.236. The smallest absolute Gasteiger partial charge is 0.312 e. The molecule has 1 fully saturated rings. The average molecular weight is 355 g/mol. The van der Waals surface area contributed by atoms with Crippen LogP contribution in [0, 0.1) is 5.41 Å². The minimum atomic E-state index is -0.350. The van der Waals surface area contributed by atoms with Gasteiger partial charge in [0.05, 0.1) is 5.41 Å². The van der Waals surface area contributed by atoms with Crippen molar-refractivity contribution in [2.24, 2.45) is 5.41 Å². The molecule has 0 saturated carbocycles. The Morgan fingerprint density at radius 3 is 1.81 bits per heavy atom. The summed E-state index contributed by atoms with van der Waals surface area (Å²) < 4.78 is 5.31. The molecule has 1 saturated heterocycles. The van der Waals surface area contributed by atoms with Gasteiger partial charge in [0.25, 0.3) is 0 Å². The molecule has 0 aromatic heterocycles. The van der Waals surface area contributed by atoms with Gasteiger partial charge in [-0.05, 0) is 52.0 Å². The molecular weight excluding hydrogens is 320 g/mol. The van der Waals surface area contributed by atoms with Crippen molar-refractivity contribution in [2.75, 3.05) is 0 Å². The molecule has 0 aromatic rings. The summed E-state index contributed by atoms with van der Waals surface area (Å²) in [6, 6.07) is 0. The lowest BCUT2D eigenvalue weighted by molar-refractivity contribution is -0.146. The largest absolute Gasteiger partial charge is 0.458 e. The van der Waals surface area contributed by atoms with E-state index in [4.69, 9.17) is 4.74 Å². The molecule has 0 aliphatic carbocycles. The average Bonchev–Trinajstić information content (AvgIpc) is 2.86. The third-order valence-electron chi connectivity index (χ3n) is 4.09. The second-order valence-corrected chi connectivity index (χ2v) is 7.08. The topological polar surface area (TPSA) is 26.3 Å². The standard InChI is InChI=1S/C24H34O2/c1-4-5-6-7-8-9-10-11-12-13-14-15-16-17-18-19-20-22-21-24(2,3)23(25)26-22/h5-6,8-9,11-12,14-15,17-20,22H,4,7,10,13,16,21H2,1-3H3/b6-5-,9-8-,12-11-,15-14-,18-17-,20-19+. The van der Waals surface area contributed by atoms with Gasteiger partial charge in [0.1, 0.15) is 6.10 Å². The fourth-order valence-electron chi connectivity index (χ4n) is 2.53. The highest BCUT2D eigenvalue weighted by Gasteiger charge is 2.40. The molecule has 0 bridgehead atoms. The lowest BCUT2D eigenvalue weighted by atomic mass is 9.90. The lowest BCUT2D eigenvalue weighted by Gasteiger charge is -2.08. The molecule has 0 spiro atoms. The summed E-state index contributed by atoms with van der Waals surface area (Å²) in [5.41, 5.74) is -0.350. The van der Waals surface area contributed by atoms with Gasteiger partial charge >= 0.3 is 5.97 Å². The van der Waals surface area contributed by atoms with E-state index in [2.05, 4.69) is 61.6 Å². The number of hydrogen-bond acceptors (Lipinski definition) is 2. The van der Waals surface area contributed by atoms with Crippen LogP contribution in [0.2, 0.25) is 0 Å². The molecular formula is C24H34O2. The first kappa shape index (κ1) is 22.0. The van der Waals surface area contributed by atoms with Gasteiger partial charge in [-0.3, -0.25) is 4.79 Å². The van der Waals surface area contributed by atoms with Crippen LogP contribution in [-0.2, 0) is 9.53 Å². The SMILES string of the molecule is CC/C=C\C/C=C\C/C=C\C/C=C\C/C=C\C=C\C1CC(C)(C)C(=O)O1. The summed E-state index contributed by atoms with van der Waals surface area (Å²) >= 11 is 0. The highest BCUT2D eigenvalue weighted by atomic mass is 16.6. The Labute approximate surface area is 159 Å². The number of rotatable bonds is 11. The third-order valence-corrected chi connectivity index (χ3v) is 4.09. The van der Waals surface area contributed by atoms with Gasteiger partial charge in [-0.1, -0.05) is 73.8 Å². The van der Waals surface area contributed by atoms with Crippen molar-refractivity contribution in [1.82, 2.24) is 0 Å². The summed E-state index contributed by atoms with van der Waals surface area (Å²) in [5.74, 6) is -0.101. The van der Waals surface area contributed by atoms with E-state index in [1.54, 1.807) is 0 Å². The molecule has 1 unspecified atom stereocenters. The monoisotopic (exact) mass is 354 g/mol. The van der Waals surface area contributed by atoms with Crippen molar-refractivity contribution in [3.63, 3.8) is 0 Å². The minimum absolute atomic E-state index is 0.0838. The van der Waals surface area contributed by atoms with Crippen LogP contribution in [0.5, 0.6) is 0 Å². The molecule has 1 rings (SSSR count). The van der Waals surface area contributed by atoms with E-state index in [9.17, 15) is 4.79 Å². The molecule has 0 N–H and O–H groups in total. The number of esters is 1. The predicted molar refractivity (Wildman–Crippen MR) is 112 cm³/mol. The van der Waals surface area contributed by atoms with Gasteiger partial charge in [0.2, 0.25) is 0 Å². The van der Waals surface area contributed by atoms with E-state index in [1.165, 1.54) is 0 Å². The maximum atomic E-state index is 11.6. The van der Waals surface area contributed by atoms with Gasteiger partial charge in [0, 0.05) is 6.42 Å². The second-order valence-electron chi connectivity index (χ2n) is 7.08. The zero-order chi connectivity index (χ0) is 19.1. The van der Waals surface area contributed by atoms with Crippen molar-refractivity contribution in [1.29, 1.82) is 0 Å². The van der Waals surface area contributed by atoms with Gasteiger partial charge in [0.15, 0.2) is 0 Å². The fraction of sp³-hybridized carbons (Fsp3) is 0.458. The summed E-state index contributed by atoms with van der Waals surface area (Å²) in [6.07, 6.45) is 31.3. The highest BCUT2D eigenvalue weighted by Crippen LogP contribution is 2.33. The summed E-state index contributed by atoms with van der Waals surface area (Å²) in [7, 11) is 0. The normalized spacial score (nSPS) is 20.9. The number of carbonyl (C=O) groups is 1. The Hall–Kier alpha value is -2.09. The van der Waals surface area contributed by atoms with E-state index in [-0.39, 0.29) is 17.5 Å². The molecule has 1 heterocycles. The molecule has 26 heavy (non-hydrogen) atoms. The Morgan fingerprint density at radius 2 is 1.35 bits per heavy atom. The Morgan fingerprint density at radius 1 is 0.846 bits per heavy atom. The molecule has 0 radical (unpaired) electrons. The maximum absolute atomic E-state index is 11.6. The first-order chi connectivity index (χ1) is 12.6. The van der Waals surface area contributed by atoms with Crippen LogP contribution in [0.3, 0.4) is 0 Å². The van der Waals surface area contributed by atoms with Crippen LogP contribution in [0.15, 0.2) is 72.9 Å². The minimum Gasteiger partial charge on any atom is -0.458 e. The Balaban J connectivity index is 2.07. The van der Waals surface area contributed by atoms with Gasteiger partial charge in [-0.2, -0.15) is 0 Å². The first-order valence-corrected chi connectivity index (χ1v) is 9.70. The Bertz CT molecular complexity index is 571. The lowest BCUT2D eigenvalue weighted by Crippen LogP contribution is -2.16. The number of hydrogen-bond donors (Lipinski definition) is 0. The second kappa shape index (κ2) is 13.2. The van der Waals surface area contributed by atoms with E-state index < -0.39 is 0 Å². The summed E-state index contributed by atoms with van der Waals surface area (Å²) in [5, 5.41) is 0. The van der Waals surface area contributed by atoms with Gasteiger partial charge in [-0.25, -0.2) is 0 Å². The van der Waals surface area contributed by atoms with E-state index in [0.29, 0.717) is 0 Å². The van der Waals surface area contributed by atoms with Gasteiger partial charge < -0.3 is 4.74 Å². The predicted octanol–water partition coefficient (Wildman–Crippen LogP) is 6.64. The van der Waals surface area contributed by atoms with Crippen LogP contribution in [-0.4, -0.2) is 12.1 Å². The van der Waals surface area contributed by atoms with Crippen LogP contribution >= 0.6 is 0 Å². The van der Waals surface area contributed by atoms with Crippen molar-refractivity contribution >= 4 is 5.97 Å². The molecule has 0 aromatic carbocycles. The van der Waals surface area contributed by atoms with Crippen LogP contribution in [0.25, 0.3) is 0 Å². The van der Waals surface area contributed by atoms with Crippen molar-refractivity contribution in [3.8, 4) is 0 Å². The van der Waals surface area contributed by atoms with E-state index in [1.807, 2.05) is 32.1 Å². The molecule has 1 aliphatic rings. The number of carbonyl (C=O) groups excluding carboxylic acids is 1. The van der Waals surface area contributed by atoms with Crippen molar-refractivity contribution in [2.45, 2.75) is 65.4 Å². The molecule has 1 aliphatic heterocycles. The summed E-state index contributed by atoms with van der Waals surface area (Å²) in [6.45, 7) is 6.01. The molecule has 2 heteroatoms. The third kappa shape index (κ3) is 10.0. The fourth-order valence-corrected chi connectivity index (χ4v) is 2.53.